The molecule has 122 valence electrons. The maximum Gasteiger partial charge on any atom is 0.250 e. The van der Waals surface area contributed by atoms with Gasteiger partial charge in [0.25, 0.3) is 5.89 Å². The third kappa shape index (κ3) is 3.73. The molecule has 1 aromatic heterocycles. The Labute approximate surface area is 136 Å². The second kappa shape index (κ2) is 7.31. The molecule has 1 aliphatic rings. The number of methoxy groups -OCH3 is 2. The van der Waals surface area contributed by atoms with Crippen LogP contribution >= 0.6 is 0 Å². The minimum absolute atomic E-state index is 0.454. The summed E-state index contributed by atoms with van der Waals surface area (Å²) in [6.07, 6.45) is 9.93. The number of benzene rings is 1. The second-order valence-corrected chi connectivity index (χ2v) is 5.77. The third-order valence-corrected chi connectivity index (χ3v) is 4.25. The molecular formula is C18H22N2O3. The molecule has 0 aliphatic heterocycles. The van der Waals surface area contributed by atoms with Gasteiger partial charge in [-0.1, -0.05) is 30.5 Å². The van der Waals surface area contributed by atoms with Crippen molar-refractivity contribution in [1.82, 2.24) is 10.1 Å². The Morgan fingerprint density at radius 3 is 2.57 bits per heavy atom. The fraction of sp³-hybridized carbons (Fsp3) is 0.444. The highest BCUT2D eigenvalue weighted by molar-refractivity contribution is 5.67. The van der Waals surface area contributed by atoms with Gasteiger partial charge in [0.15, 0.2) is 17.3 Å². The zero-order valence-electron chi connectivity index (χ0n) is 13.6. The molecule has 0 bridgehead atoms. The van der Waals surface area contributed by atoms with E-state index in [1.165, 1.54) is 32.1 Å². The predicted octanol–water partition coefficient (Wildman–Crippen LogP) is 4.30. The van der Waals surface area contributed by atoms with E-state index < -0.39 is 0 Å². The quantitative estimate of drug-likeness (QED) is 0.823. The second-order valence-electron chi connectivity index (χ2n) is 5.77. The van der Waals surface area contributed by atoms with Crippen molar-refractivity contribution in [2.75, 3.05) is 14.2 Å². The summed E-state index contributed by atoms with van der Waals surface area (Å²) in [5, 5.41) is 4.13. The molecule has 0 radical (unpaired) electrons. The molecule has 3 rings (SSSR count). The summed E-state index contributed by atoms with van der Waals surface area (Å²) in [5.74, 6) is 3.25. The number of rotatable bonds is 5. The van der Waals surface area contributed by atoms with Gasteiger partial charge < -0.3 is 14.0 Å². The number of hydrogen-bond donors (Lipinski definition) is 0. The fourth-order valence-electron chi connectivity index (χ4n) is 2.97. The molecule has 0 unspecified atom stereocenters. The molecule has 1 fully saturated rings. The smallest absolute Gasteiger partial charge is 0.250 e. The van der Waals surface area contributed by atoms with E-state index in [0.29, 0.717) is 23.3 Å². The fourth-order valence-corrected chi connectivity index (χ4v) is 2.97. The van der Waals surface area contributed by atoms with Crippen LogP contribution < -0.4 is 9.47 Å². The third-order valence-electron chi connectivity index (χ3n) is 4.25. The highest BCUT2D eigenvalue weighted by Crippen LogP contribution is 2.31. The summed E-state index contributed by atoms with van der Waals surface area (Å²) in [5.41, 5.74) is 0.986. The van der Waals surface area contributed by atoms with Crippen LogP contribution in [-0.4, -0.2) is 24.4 Å². The summed E-state index contributed by atoms with van der Waals surface area (Å²) >= 11 is 0. The Kier molecular flexibility index (Phi) is 4.95. The minimum atomic E-state index is 0.454. The molecular weight excluding hydrogens is 292 g/mol. The van der Waals surface area contributed by atoms with Crippen LogP contribution in [0, 0.1) is 0 Å². The summed E-state index contributed by atoms with van der Waals surface area (Å²) < 4.78 is 15.9. The highest BCUT2D eigenvalue weighted by Gasteiger charge is 2.20. The minimum Gasteiger partial charge on any atom is -0.493 e. The zero-order valence-corrected chi connectivity index (χ0v) is 13.6. The lowest BCUT2D eigenvalue weighted by molar-refractivity contribution is 0.355. The van der Waals surface area contributed by atoms with Crippen molar-refractivity contribution in [2.24, 2.45) is 0 Å². The van der Waals surface area contributed by atoms with Crippen LogP contribution in [-0.2, 0) is 0 Å². The van der Waals surface area contributed by atoms with E-state index in [4.69, 9.17) is 14.0 Å². The number of ether oxygens (including phenoxy) is 2. The molecule has 1 heterocycles. The monoisotopic (exact) mass is 314 g/mol. The van der Waals surface area contributed by atoms with Gasteiger partial charge >= 0.3 is 0 Å². The van der Waals surface area contributed by atoms with Crippen LogP contribution in [0.3, 0.4) is 0 Å². The Bertz CT molecular complexity index is 673. The summed E-state index contributed by atoms with van der Waals surface area (Å²) in [4.78, 5) is 4.50. The van der Waals surface area contributed by atoms with Crippen molar-refractivity contribution < 1.29 is 14.0 Å². The Balaban J connectivity index is 1.71. The topological polar surface area (TPSA) is 57.4 Å². The zero-order chi connectivity index (χ0) is 16.1. The van der Waals surface area contributed by atoms with Gasteiger partial charge in [-0.05, 0) is 36.6 Å². The van der Waals surface area contributed by atoms with Crippen molar-refractivity contribution in [2.45, 2.75) is 38.0 Å². The molecule has 0 saturated heterocycles. The van der Waals surface area contributed by atoms with Crippen LogP contribution in [0.4, 0.5) is 0 Å². The van der Waals surface area contributed by atoms with Crippen LogP contribution in [0.25, 0.3) is 12.2 Å². The van der Waals surface area contributed by atoms with Gasteiger partial charge in [-0.2, -0.15) is 4.98 Å². The van der Waals surface area contributed by atoms with Gasteiger partial charge in [0.2, 0.25) is 0 Å². The first-order valence-electron chi connectivity index (χ1n) is 8.04. The van der Waals surface area contributed by atoms with Crippen molar-refractivity contribution >= 4 is 12.2 Å². The molecule has 0 spiro atoms. The van der Waals surface area contributed by atoms with E-state index in [2.05, 4.69) is 10.1 Å². The first-order chi connectivity index (χ1) is 11.3. The van der Waals surface area contributed by atoms with Gasteiger partial charge in [0.1, 0.15) is 0 Å². The average molecular weight is 314 g/mol. The van der Waals surface area contributed by atoms with Crippen molar-refractivity contribution in [3.63, 3.8) is 0 Å². The molecule has 5 heteroatoms. The molecule has 1 saturated carbocycles. The van der Waals surface area contributed by atoms with Crippen LogP contribution in [0.1, 0.15) is 55.3 Å². The van der Waals surface area contributed by atoms with Crippen molar-refractivity contribution in [3.8, 4) is 11.5 Å². The predicted molar refractivity (Wildman–Crippen MR) is 88.6 cm³/mol. The normalized spacial score (nSPS) is 15.9. The first kappa shape index (κ1) is 15.6. The number of nitrogens with zero attached hydrogens (tertiary/aromatic N) is 2. The maximum atomic E-state index is 5.34. The van der Waals surface area contributed by atoms with Gasteiger partial charge in [-0.3, -0.25) is 0 Å². The van der Waals surface area contributed by atoms with E-state index in [1.807, 2.05) is 30.4 Å². The van der Waals surface area contributed by atoms with E-state index in [1.54, 1.807) is 14.2 Å². The Hall–Kier alpha value is -2.30. The van der Waals surface area contributed by atoms with Gasteiger partial charge in [-0.25, -0.2) is 0 Å². The van der Waals surface area contributed by atoms with Gasteiger partial charge in [0.05, 0.1) is 14.2 Å². The van der Waals surface area contributed by atoms with Crippen LogP contribution in [0.2, 0.25) is 0 Å². The molecule has 0 atom stereocenters. The van der Waals surface area contributed by atoms with E-state index in [0.717, 1.165) is 11.4 Å². The standard InChI is InChI=1S/C18H22N2O3/c1-21-15-10-8-13(12-16(15)22-2)9-11-17-19-18(20-23-17)14-6-4-3-5-7-14/h8-12,14H,3-7H2,1-2H3/b11-9+. The van der Waals surface area contributed by atoms with Crippen molar-refractivity contribution in [3.05, 3.63) is 35.5 Å². The molecule has 1 aromatic carbocycles. The number of aromatic nitrogens is 2. The Morgan fingerprint density at radius 1 is 1.04 bits per heavy atom. The molecule has 23 heavy (non-hydrogen) atoms. The van der Waals surface area contributed by atoms with Crippen LogP contribution in [0.5, 0.6) is 11.5 Å². The lowest BCUT2D eigenvalue weighted by Crippen LogP contribution is -2.06. The molecule has 5 nitrogen and oxygen atoms in total. The summed E-state index contributed by atoms with van der Waals surface area (Å²) in [6, 6.07) is 5.74. The van der Waals surface area contributed by atoms with Crippen LogP contribution in [0.15, 0.2) is 22.7 Å². The van der Waals surface area contributed by atoms with Gasteiger partial charge in [0, 0.05) is 12.0 Å². The summed E-state index contributed by atoms with van der Waals surface area (Å²) in [6.45, 7) is 0. The Morgan fingerprint density at radius 2 is 1.83 bits per heavy atom. The molecule has 1 aliphatic carbocycles. The molecule has 2 aromatic rings. The van der Waals surface area contributed by atoms with Crippen molar-refractivity contribution in [1.29, 1.82) is 0 Å². The molecule has 0 amide bonds. The molecule has 0 N–H and O–H groups in total. The van der Waals surface area contributed by atoms with E-state index >= 15 is 0 Å². The lowest BCUT2D eigenvalue weighted by atomic mass is 9.89. The SMILES string of the molecule is COc1ccc(/C=C/c2nc(C3CCCCC3)no2)cc1OC. The highest BCUT2D eigenvalue weighted by atomic mass is 16.5. The lowest BCUT2D eigenvalue weighted by Gasteiger charge is -2.17. The summed E-state index contributed by atoms with van der Waals surface area (Å²) in [7, 11) is 3.25. The first-order valence-corrected chi connectivity index (χ1v) is 8.04. The maximum absolute atomic E-state index is 5.34. The average Bonchev–Trinajstić information content (AvgIpc) is 3.09. The number of hydrogen-bond acceptors (Lipinski definition) is 5. The van der Waals surface area contributed by atoms with E-state index in [-0.39, 0.29) is 0 Å². The van der Waals surface area contributed by atoms with Gasteiger partial charge in [-0.15, -0.1) is 0 Å². The largest absolute Gasteiger partial charge is 0.493 e. The van der Waals surface area contributed by atoms with E-state index in [9.17, 15) is 0 Å².